The van der Waals surface area contributed by atoms with Crippen LogP contribution >= 0.6 is 0 Å². The van der Waals surface area contributed by atoms with Crippen LogP contribution in [0, 0.1) is 0 Å². The topological polar surface area (TPSA) is 67.4 Å². The monoisotopic (exact) mass is 306 g/mol. The van der Waals surface area contributed by atoms with E-state index in [1.165, 1.54) is 0 Å². The molecule has 0 bridgehead atoms. The van der Waals surface area contributed by atoms with Gasteiger partial charge in [0, 0.05) is 11.4 Å². The molecular formula is C15H18N2O3S. The molecule has 0 radical (unpaired) electrons. The van der Waals surface area contributed by atoms with Gasteiger partial charge in [0.2, 0.25) is 10.0 Å². The number of benzene rings is 2. The maximum atomic E-state index is 11.5. The van der Waals surface area contributed by atoms with E-state index in [0.29, 0.717) is 5.69 Å². The Morgan fingerprint density at radius 1 is 1.00 bits per heavy atom. The number of nitrogens with one attached hydrogen (secondary N) is 2. The molecule has 0 atom stereocenters. The second kappa shape index (κ2) is 6.49. The highest BCUT2D eigenvalue weighted by atomic mass is 32.2. The van der Waals surface area contributed by atoms with E-state index < -0.39 is 10.0 Å². The Hall–Kier alpha value is -2.21. The summed E-state index contributed by atoms with van der Waals surface area (Å²) >= 11 is 0. The lowest BCUT2D eigenvalue weighted by atomic mass is 10.2. The summed E-state index contributed by atoms with van der Waals surface area (Å²) in [5.74, 6) is 0.794. The largest absolute Gasteiger partial charge is 0.495 e. The van der Waals surface area contributed by atoms with Gasteiger partial charge in [0.05, 0.1) is 18.6 Å². The molecule has 112 valence electrons. The van der Waals surface area contributed by atoms with Crippen LogP contribution in [-0.4, -0.2) is 21.3 Å². The molecule has 0 unspecified atom stereocenters. The van der Waals surface area contributed by atoms with E-state index in [9.17, 15) is 8.42 Å². The molecule has 21 heavy (non-hydrogen) atoms. The number of hydrogen-bond donors (Lipinski definition) is 2. The average molecular weight is 306 g/mol. The maximum Gasteiger partial charge on any atom is 0.232 e. The molecule has 0 saturated heterocycles. The molecule has 2 aromatic carbocycles. The Balaban J connectivity index is 2.13. The molecule has 2 aromatic rings. The number of methoxy groups -OCH3 is 1. The summed E-state index contributed by atoms with van der Waals surface area (Å²) in [6.45, 7) is 1.60. The lowest BCUT2D eigenvalue weighted by Gasteiger charge is -2.12. The van der Waals surface area contributed by atoms with Gasteiger partial charge in [-0.1, -0.05) is 12.1 Å². The van der Waals surface area contributed by atoms with E-state index in [0.717, 1.165) is 17.1 Å². The van der Waals surface area contributed by atoms with Crippen LogP contribution < -0.4 is 14.8 Å². The number of rotatable bonds is 6. The van der Waals surface area contributed by atoms with E-state index in [1.54, 1.807) is 38.3 Å². The smallest absolute Gasteiger partial charge is 0.232 e. The van der Waals surface area contributed by atoms with Gasteiger partial charge in [-0.15, -0.1) is 0 Å². The Labute approximate surface area is 125 Å². The highest BCUT2D eigenvalue weighted by Gasteiger charge is 2.06. The summed E-state index contributed by atoms with van der Waals surface area (Å²) in [4.78, 5) is 0. The minimum atomic E-state index is -3.25. The summed E-state index contributed by atoms with van der Waals surface area (Å²) in [7, 11) is -1.63. The molecule has 0 spiro atoms. The van der Waals surface area contributed by atoms with Gasteiger partial charge in [-0.05, 0) is 43.3 Å². The van der Waals surface area contributed by atoms with Gasteiger partial charge < -0.3 is 10.1 Å². The summed E-state index contributed by atoms with van der Waals surface area (Å²) in [5.41, 5.74) is 2.24. The molecular weight excluding hydrogens is 288 g/mol. The third kappa shape index (κ3) is 4.13. The van der Waals surface area contributed by atoms with Gasteiger partial charge in [0.25, 0.3) is 0 Å². The van der Waals surface area contributed by atoms with Gasteiger partial charge in [-0.25, -0.2) is 8.42 Å². The van der Waals surface area contributed by atoms with E-state index in [-0.39, 0.29) is 5.75 Å². The second-order valence-electron chi connectivity index (χ2n) is 4.41. The third-order valence-corrected chi connectivity index (χ3v) is 4.23. The van der Waals surface area contributed by atoms with Crippen LogP contribution in [-0.2, 0) is 10.0 Å². The molecule has 0 heterocycles. The molecule has 6 heteroatoms. The fraction of sp³-hybridized carbons (Fsp3) is 0.200. The first kappa shape index (κ1) is 15.2. The minimum absolute atomic E-state index is 0.0498. The van der Waals surface area contributed by atoms with Crippen LogP contribution in [0.4, 0.5) is 17.1 Å². The van der Waals surface area contributed by atoms with Crippen LogP contribution in [0.1, 0.15) is 6.92 Å². The molecule has 0 fully saturated rings. The van der Waals surface area contributed by atoms with Crippen LogP contribution in [0.15, 0.2) is 48.5 Å². The molecule has 0 amide bonds. The molecule has 0 aliphatic carbocycles. The predicted octanol–water partition coefficient (Wildman–Crippen LogP) is 3.20. The van der Waals surface area contributed by atoms with Crippen molar-refractivity contribution in [3.8, 4) is 5.75 Å². The van der Waals surface area contributed by atoms with Gasteiger partial charge in [0.15, 0.2) is 0 Å². The number of para-hydroxylation sites is 2. The van der Waals surface area contributed by atoms with E-state index in [2.05, 4.69) is 10.0 Å². The summed E-state index contributed by atoms with van der Waals surface area (Å²) in [6.07, 6.45) is 0. The molecule has 5 nitrogen and oxygen atoms in total. The first-order valence-corrected chi connectivity index (χ1v) is 8.20. The van der Waals surface area contributed by atoms with Crippen molar-refractivity contribution < 1.29 is 13.2 Å². The molecule has 0 aliphatic heterocycles. The summed E-state index contributed by atoms with van der Waals surface area (Å²) < 4.78 is 30.7. The fourth-order valence-corrected chi connectivity index (χ4v) is 2.42. The summed E-state index contributed by atoms with van der Waals surface area (Å²) in [5, 5.41) is 3.23. The number of anilines is 3. The van der Waals surface area contributed by atoms with Crippen LogP contribution in [0.3, 0.4) is 0 Å². The first-order valence-electron chi connectivity index (χ1n) is 6.54. The van der Waals surface area contributed by atoms with Crippen molar-refractivity contribution in [2.24, 2.45) is 0 Å². The van der Waals surface area contributed by atoms with Crippen molar-refractivity contribution in [2.45, 2.75) is 6.92 Å². The molecule has 0 aromatic heterocycles. The zero-order valence-corrected chi connectivity index (χ0v) is 12.8. The van der Waals surface area contributed by atoms with Gasteiger partial charge >= 0.3 is 0 Å². The molecule has 0 aliphatic rings. The van der Waals surface area contributed by atoms with Crippen LogP contribution in [0.2, 0.25) is 0 Å². The van der Waals surface area contributed by atoms with Gasteiger partial charge in [-0.2, -0.15) is 0 Å². The summed E-state index contributed by atoms with van der Waals surface area (Å²) in [6, 6.07) is 14.6. The quantitative estimate of drug-likeness (QED) is 0.860. The van der Waals surface area contributed by atoms with Gasteiger partial charge in [0.1, 0.15) is 5.75 Å². The molecule has 2 N–H and O–H groups in total. The van der Waals surface area contributed by atoms with Crippen LogP contribution in [0.5, 0.6) is 5.75 Å². The zero-order chi connectivity index (χ0) is 15.3. The Kier molecular flexibility index (Phi) is 4.70. The minimum Gasteiger partial charge on any atom is -0.495 e. The molecule has 0 saturated carbocycles. The highest BCUT2D eigenvalue weighted by Crippen LogP contribution is 2.27. The van der Waals surface area contributed by atoms with Crippen molar-refractivity contribution in [1.29, 1.82) is 0 Å². The highest BCUT2D eigenvalue weighted by molar-refractivity contribution is 7.92. The SMILES string of the molecule is CCS(=O)(=O)Nc1ccc(Nc2ccccc2OC)cc1. The average Bonchev–Trinajstić information content (AvgIpc) is 2.49. The first-order chi connectivity index (χ1) is 10.0. The number of ether oxygens (including phenoxy) is 1. The van der Waals surface area contributed by atoms with Crippen molar-refractivity contribution >= 4 is 27.1 Å². The van der Waals surface area contributed by atoms with Crippen molar-refractivity contribution in [2.75, 3.05) is 22.9 Å². The Morgan fingerprint density at radius 3 is 2.24 bits per heavy atom. The van der Waals surface area contributed by atoms with Crippen LogP contribution in [0.25, 0.3) is 0 Å². The number of sulfonamides is 1. The molecule has 2 rings (SSSR count). The van der Waals surface area contributed by atoms with Crippen molar-refractivity contribution in [3.05, 3.63) is 48.5 Å². The third-order valence-electron chi connectivity index (χ3n) is 2.92. The van der Waals surface area contributed by atoms with Crippen molar-refractivity contribution in [3.63, 3.8) is 0 Å². The standard InChI is InChI=1S/C15H18N2O3S/c1-3-21(18,19)17-13-10-8-12(9-11-13)16-14-6-4-5-7-15(14)20-2/h4-11,16-17H,3H2,1-2H3. The lowest BCUT2D eigenvalue weighted by molar-refractivity contribution is 0.417. The predicted molar refractivity (Wildman–Crippen MR) is 85.8 cm³/mol. The Bertz CT molecular complexity index is 697. The fourth-order valence-electron chi connectivity index (χ4n) is 1.78. The van der Waals surface area contributed by atoms with E-state index >= 15 is 0 Å². The van der Waals surface area contributed by atoms with E-state index in [1.807, 2.05) is 24.3 Å². The lowest BCUT2D eigenvalue weighted by Crippen LogP contribution is -2.14. The van der Waals surface area contributed by atoms with Gasteiger partial charge in [-0.3, -0.25) is 4.72 Å². The maximum absolute atomic E-state index is 11.5. The van der Waals surface area contributed by atoms with E-state index in [4.69, 9.17) is 4.74 Å². The second-order valence-corrected chi connectivity index (χ2v) is 6.42. The Morgan fingerprint density at radius 2 is 1.62 bits per heavy atom. The van der Waals surface area contributed by atoms with Crippen molar-refractivity contribution in [1.82, 2.24) is 0 Å². The zero-order valence-electron chi connectivity index (χ0n) is 12.0. The number of hydrogen-bond acceptors (Lipinski definition) is 4. The normalized spacial score (nSPS) is 11.0.